The Morgan fingerprint density at radius 3 is 2.69 bits per heavy atom. The van der Waals surface area contributed by atoms with Crippen molar-refractivity contribution in [2.24, 2.45) is 7.05 Å². The number of methoxy groups -OCH3 is 1. The Hall–Kier alpha value is -2.26. The van der Waals surface area contributed by atoms with Crippen LogP contribution in [-0.2, 0) is 21.8 Å². The highest BCUT2D eigenvalue weighted by Gasteiger charge is 2.35. The molecule has 0 aromatic carbocycles. The van der Waals surface area contributed by atoms with Crippen molar-refractivity contribution in [2.45, 2.75) is 37.1 Å². The fraction of sp³-hybridized carbons (Fsp3) is 0.471. The third-order valence-corrected chi connectivity index (χ3v) is 6.48. The molecule has 1 aliphatic heterocycles. The summed E-state index contributed by atoms with van der Waals surface area (Å²) in [6.07, 6.45) is 7.30. The van der Waals surface area contributed by atoms with Crippen molar-refractivity contribution in [1.82, 2.24) is 19.1 Å². The third-order valence-electron chi connectivity index (χ3n) is 4.60. The van der Waals surface area contributed by atoms with Crippen LogP contribution < -0.4 is 0 Å². The van der Waals surface area contributed by atoms with Gasteiger partial charge in [-0.05, 0) is 31.4 Å². The number of rotatable bonds is 4. The lowest BCUT2D eigenvalue weighted by Gasteiger charge is -2.34. The molecule has 0 amide bonds. The Labute approximate surface area is 152 Å². The summed E-state index contributed by atoms with van der Waals surface area (Å²) in [6, 6.07) is 1.23. The van der Waals surface area contributed by atoms with Crippen LogP contribution in [0.1, 0.15) is 46.9 Å². The standard InChI is InChI=1S/C17H22N4O4S/c1-12-8-14(10-18-16(12)17(22)25-3)26(23,24)21-7-5-4-6-15(21)13-9-19-20(2)11-13/h8-11,15H,4-7H2,1-3H3. The van der Waals surface area contributed by atoms with Gasteiger partial charge in [-0.2, -0.15) is 9.40 Å². The van der Waals surface area contributed by atoms with Crippen molar-refractivity contribution in [3.05, 3.63) is 41.5 Å². The minimum atomic E-state index is -3.74. The summed E-state index contributed by atoms with van der Waals surface area (Å²) in [5.41, 5.74) is 1.47. The van der Waals surface area contributed by atoms with Gasteiger partial charge in [-0.25, -0.2) is 18.2 Å². The zero-order valence-corrected chi connectivity index (χ0v) is 15.9. The van der Waals surface area contributed by atoms with E-state index < -0.39 is 16.0 Å². The molecule has 140 valence electrons. The zero-order chi connectivity index (χ0) is 18.9. The molecule has 0 aliphatic carbocycles. The fourth-order valence-electron chi connectivity index (χ4n) is 3.27. The number of pyridine rings is 1. The first-order valence-corrected chi connectivity index (χ1v) is 9.84. The molecule has 1 atom stereocenters. The summed E-state index contributed by atoms with van der Waals surface area (Å²) in [6.45, 7) is 2.09. The predicted octanol–water partition coefficient (Wildman–Crippen LogP) is 1.83. The summed E-state index contributed by atoms with van der Waals surface area (Å²) in [7, 11) is -0.666. The lowest BCUT2D eigenvalue weighted by molar-refractivity contribution is 0.0593. The van der Waals surface area contributed by atoms with Gasteiger partial charge in [0.05, 0.1) is 19.3 Å². The Morgan fingerprint density at radius 2 is 2.08 bits per heavy atom. The van der Waals surface area contributed by atoms with Gasteiger partial charge in [0.1, 0.15) is 4.90 Å². The van der Waals surface area contributed by atoms with Gasteiger partial charge in [0.25, 0.3) is 0 Å². The minimum absolute atomic E-state index is 0.0819. The molecule has 0 N–H and O–H groups in total. The molecule has 2 aromatic heterocycles. The monoisotopic (exact) mass is 378 g/mol. The molecule has 0 bridgehead atoms. The first-order chi connectivity index (χ1) is 12.3. The van der Waals surface area contributed by atoms with Crippen molar-refractivity contribution in [3.8, 4) is 0 Å². The molecule has 3 heterocycles. The van der Waals surface area contributed by atoms with E-state index in [2.05, 4.69) is 14.8 Å². The van der Waals surface area contributed by atoms with Gasteiger partial charge in [0, 0.05) is 31.5 Å². The molecule has 1 unspecified atom stereocenters. The van der Waals surface area contributed by atoms with E-state index in [4.69, 9.17) is 0 Å². The van der Waals surface area contributed by atoms with Gasteiger partial charge < -0.3 is 4.74 Å². The van der Waals surface area contributed by atoms with Crippen molar-refractivity contribution in [3.63, 3.8) is 0 Å². The number of sulfonamides is 1. The Bertz CT molecular complexity index is 923. The van der Waals surface area contributed by atoms with Crippen LogP contribution in [0.2, 0.25) is 0 Å². The summed E-state index contributed by atoms with van der Waals surface area (Å²) >= 11 is 0. The number of carbonyl (C=O) groups is 1. The number of esters is 1. The molecule has 0 spiro atoms. The molecular weight excluding hydrogens is 356 g/mol. The van der Waals surface area contributed by atoms with E-state index in [0.29, 0.717) is 12.1 Å². The molecule has 3 rings (SSSR count). The molecule has 9 heteroatoms. The average molecular weight is 378 g/mol. The predicted molar refractivity (Wildman–Crippen MR) is 94.0 cm³/mol. The molecule has 0 saturated carbocycles. The van der Waals surface area contributed by atoms with Crippen LogP contribution >= 0.6 is 0 Å². The van der Waals surface area contributed by atoms with Crippen LogP contribution in [0.15, 0.2) is 29.6 Å². The van der Waals surface area contributed by atoms with E-state index in [1.807, 2.05) is 13.2 Å². The quantitative estimate of drug-likeness (QED) is 0.754. The number of piperidine rings is 1. The van der Waals surface area contributed by atoms with Crippen LogP contribution in [-0.4, -0.2) is 47.1 Å². The summed E-state index contributed by atoms with van der Waals surface area (Å²) < 4.78 is 34.3. The Kier molecular flexibility index (Phi) is 5.10. The maximum absolute atomic E-state index is 13.2. The fourth-order valence-corrected chi connectivity index (χ4v) is 4.99. The maximum Gasteiger partial charge on any atom is 0.356 e. The van der Waals surface area contributed by atoms with Crippen LogP contribution in [0.25, 0.3) is 0 Å². The molecule has 1 aliphatic rings. The van der Waals surface area contributed by atoms with E-state index in [0.717, 1.165) is 24.8 Å². The van der Waals surface area contributed by atoms with Crippen LogP contribution in [0.3, 0.4) is 0 Å². The minimum Gasteiger partial charge on any atom is -0.464 e. The Balaban J connectivity index is 1.97. The number of hydrogen-bond acceptors (Lipinski definition) is 6. The molecule has 8 nitrogen and oxygen atoms in total. The van der Waals surface area contributed by atoms with E-state index in [9.17, 15) is 13.2 Å². The number of hydrogen-bond donors (Lipinski definition) is 0. The van der Waals surface area contributed by atoms with Crippen molar-refractivity contribution in [1.29, 1.82) is 0 Å². The van der Waals surface area contributed by atoms with Crippen LogP contribution in [0, 0.1) is 6.92 Å². The smallest absolute Gasteiger partial charge is 0.356 e. The van der Waals surface area contributed by atoms with Crippen molar-refractivity contribution >= 4 is 16.0 Å². The first-order valence-electron chi connectivity index (χ1n) is 8.40. The first kappa shape index (κ1) is 18.5. The highest BCUT2D eigenvalue weighted by atomic mass is 32.2. The second kappa shape index (κ2) is 7.16. The maximum atomic E-state index is 13.2. The topological polar surface area (TPSA) is 94.4 Å². The van der Waals surface area contributed by atoms with Gasteiger partial charge in [0.15, 0.2) is 5.69 Å². The third kappa shape index (κ3) is 3.36. The van der Waals surface area contributed by atoms with Gasteiger partial charge >= 0.3 is 5.97 Å². The molecule has 0 radical (unpaired) electrons. The second-order valence-electron chi connectivity index (χ2n) is 6.40. The number of aryl methyl sites for hydroxylation is 2. The molecular formula is C17H22N4O4S. The van der Waals surface area contributed by atoms with E-state index >= 15 is 0 Å². The molecule has 1 saturated heterocycles. The normalized spacial score (nSPS) is 18.7. The largest absolute Gasteiger partial charge is 0.464 e. The highest BCUT2D eigenvalue weighted by molar-refractivity contribution is 7.89. The van der Waals surface area contributed by atoms with Gasteiger partial charge in [-0.15, -0.1) is 0 Å². The highest BCUT2D eigenvalue weighted by Crippen LogP contribution is 2.35. The summed E-state index contributed by atoms with van der Waals surface area (Å²) in [4.78, 5) is 15.8. The number of carbonyl (C=O) groups excluding carboxylic acids is 1. The number of aromatic nitrogens is 3. The zero-order valence-electron chi connectivity index (χ0n) is 15.0. The van der Waals surface area contributed by atoms with Crippen molar-refractivity contribution in [2.75, 3.05) is 13.7 Å². The summed E-state index contributed by atoms with van der Waals surface area (Å²) in [5, 5.41) is 4.17. The average Bonchev–Trinajstić information content (AvgIpc) is 3.07. The van der Waals surface area contributed by atoms with E-state index in [1.54, 1.807) is 17.8 Å². The van der Waals surface area contributed by atoms with Gasteiger partial charge in [0.2, 0.25) is 10.0 Å². The van der Waals surface area contributed by atoms with Crippen LogP contribution in [0.5, 0.6) is 0 Å². The molecule has 2 aromatic rings. The van der Waals surface area contributed by atoms with Crippen molar-refractivity contribution < 1.29 is 17.9 Å². The van der Waals surface area contributed by atoms with E-state index in [1.165, 1.54) is 23.7 Å². The van der Waals surface area contributed by atoms with Gasteiger partial charge in [-0.3, -0.25) is 4.68 Å². The molecule has 26 heavy (non-hydrogen) atoms. The Morgan fingerprint density at radius 1 is 1.31 bits per heavy atom. The second-order valence-corrected chi connectivity index (χ2v) is 8.29. The number of ether oxygens (including phenoxy) is 1. The lowest BCUT2D eigenvalue weighted by atomic mass is 10.0. The molecule has 1 fully saturated rings. The lowest BCUT2D eigenvalue weighted by Crippen LogP contribution is -2.38. The van der Waals surface area contributed by atoms with E-state index in [-0.39, 0.29) is 16.6 Å². The SMILES string of the molecule is COC(=O)c1ncc(S(=O)(=O)N2CCCCC2c2cnn(C)c2)cc1C. The summed E-state index contributed by atoms with van der Waals surface area (Å²) in [5.74, 6) is -0.586. The number of nitrogens with zero attached hydrogens (tertiary/aromatic N) is 4. The van der Waals surface area contributed by atoms with Gasteiger partial charge in [-0.1, -0.05) is 6.42 Å². The van der Waals surface area contributed by atoms with Crippen LogP contribution in [0.4, 0.5) is 0 Å².